The Morgan fingerprint density at radius 1 is 1.13 bits per heavy atom. The number of hydrogen-bond donors (Lipinski definition) is 2. The number of aliphatic imine (C=N–C) groups is 1. The molecule has 0 aliphatic carbocycles. The number of aromatic nitrogens is 1. The molecule has 1 aliphatic heterocycles. The molecule has 1 aromatic carbocycles. The number of likely N-dealkylation sites (N-methyl/N-ethyl adjacent to an activating group) is 1. The van der Waals surface area contributed by atoms with E-state index in [-0.39, 0.29) is 0 Å². The topological polar surface area (TPSA) is 65.0 Å². The normalized spacial score (nSPS) is 15.2. The number of anilines is 1. The van der Waals surface area contributed by atoms with Gasteiger partial charge in [-0.2, -0.15) is 0 Å². The van der Waals surface area contributed by atoms with Crippen molar-refractivity contribution in [3.8, 4) is 5.75 Å². The van der Waals surface area contributed by atoms with Crippen molar-refractivity contribution in [2.45, 2.75) is 19.9 Å². The average molecular weight is 411 g/mol. The van der Waals surface area contributed by atoms with E-state index in [4.69, 9.17) is 4.74 Å². The zero-order chi connectivity index (χ0) is 21.3. The fourth-order valence-corrected chi connectivity index (χ4v) is 3.60. The largest absolute Gasteiger partial charge is 0.496 e. The highest BCUT2D eigenvalue weighted by Gasteiger charge is 2.15. The summed E-state index contributed by atoms with van der Waals surface area (Å²) in [5.41, 5.74) is 3.63. The standard InChI is InChI=1S/C23H34N6O/c1-18-5-6-21(30-4)20(15-18)8-10-26-23(24-2)27-17-19-7-9-25-22(16-19)29-13-11-28(3)12-14-29/h5-7,9,15-16H,8,10-14,17H2,1-4H3,(H2,24,26,27). The van der Waals surface area contributed by atoms with Crippen LogP contribution in [0.15, 0.2) is 41.5 Å². The van der Waals surface area contributed by atoms with E-state index in [0.29, 0.717) is 6.54 Å². The molecule has 30 heavy (non-hydrogen) atoms. The summed E-state index contributed by atoms with van der Waals surface area (Å²) in [5, 5.41) is 6.80. The fraction of sp³-hybridized carbons (Fsp3) is 0.478. The van der Waals surface area contributed by atoms with Crippen LogP contribution < -0.4 is 20.3 Å². The van der Waals surface area contributed by atoms with Gasteiger partial charge in [0.25, 0.3) is 0 Å². The molecule has 0 atom stereocenters. The van der Waals surface area contributed by atoms with Crippen LogP contribution in [0.5, 0.6) is 5.75 Å². The third-order valence-corrected chi connectivity index (χ3v) is 5.44. The van der Waals surface area contributed by atoms with Crippen molar-refractivity contribution in [1.29, 1.82) is 0 Å². The lowest BCUT2D eigenvalue weighted by atomic mass is 10.1. The smallest absolute Gasteiger partial charge is 0.191 e. The molecule has 2 N–H and O–H groups in total. The quantitative estimate of drug-likeness (QED) is 0.538. The van der Waals surface area contributed by atoms with Crippen LogP contribution in [-0.2, 0) is 13.0 Å². The van der Waals surface area contributed by atoms with E-state index in [9.17, 15) is 0 Å². The van der Waals surface area contributed by atoms with Crippen LogP contribution >= 0.6 is 0 Å². The Morgan fingerprint density at radius 2 is 1.93 bits per heavy atom. The van der Waals surface area contributed by atoms with Gasteiger partial charge >= 0.3 is 0 Å². The second-order valence-electron chi connectivity index (χ2n) is 7.73. The number of rotatable bonds is 7. The SMILES string of the molecule is CN=C(NCCc1cc(C)ccc1OC)NCc1ccnc(N2CCN(C)CC2)c1. The molecular formula is C23H34N6O. The number of benzene rings is 1. The Balaban J connectivity index is 1.50. The Hall–Kier alpha value is -2.80. The molecular weight excluding hydrogens is 376 g/mol. The number of piperazine rings is 1. The summed E-state index contributed by atoms with van der Waals surface area (Å²) in [6.07, 6.45) is 2.76. The summed E-state index contributed by atoms with van der Waals surface area (Å²) < 4.78 is 5.47. The highest BCUT2D eigenvalue weighted by molar-refractivity contribution is 5.79. The van der Waals surface area contributed by atoms with E-state index in [1.807, 2.05) is 12.3 Å². The molecule has 0 radical (unpaired) electrons. The highest BCUT2D eigenvalue weighted by Crippen LogP contribution is 2.19. The molecule has 7 nitrogen and oxygen atoms in total. The van der Waals surface area contributed by atoms with Crippen LogP contribution in [0.25, 0.3) is 0 Å². The minimum Gasteiger partial charge on any atom is -0.496 e. The van der Waals surface area contributed by atoms with Crippen molar-refractivity contribution in [2.75, 3.05) is 58.8 Å². The molecule has 7 heteroatoms. The molecule has 0 amide bonds. The Labute approximate surface area is 180 Å². The average Bonchev–Trinajstić information content (AvgIpc) is 2.77. The van der Waals surface area contributed by atoms with Crippen molar-refractivity contribution in [2.24, 2.45) is 4.99 Å². The summed E-state index contributed by atoms with van der Waals surface area (Å²) in [4.78, 5) is 13.6. The maximum absolute atomic E-state index is 5.47. The molecule has 0 spiro atoms. The summed E-state index contributed by atoms with van der Waals surface area (Å²) in [6, 6.07) is 10.5. The molecule has 0 bridgehead atoms. The molecule has 162 valence electrons. The van der Waals surface area contributed by atoms with Crippen LogP contribution in [0.4, 0.5) is 5.82 Å². The zero-order valence-corrected chi connectivity index (χ0v) is 18.6. The third kappa shape index (κ3) is 6.10. The lowest BCUT2D eigenvalue weighted by Crippen LogP contribution is -2.44. The maximum Gasteiger partial charge on any atom is 0.191 e. The van der Waals surface area contributed by atoms with Crippen molar-refractivity contribution < 1.29 is 4.74 Å². The predicted molar refractivity (Wildman–Crippen MR) is 124 cm³/mol. The Bertz CT molecular complexity index is 845. The second kappa shape index (κ2) is 10.8. The number of nitrogens with one attached hydrogen (secondary N) is 2. The van der Waals surface area contributed by atoms with Crippen LogP contribution in [-0.4, -0.2) is 69.8 Å². The number of nitrogens with zero attached hydrogens (tertiary/aromatic N) is 4. The van der Waals surface area contributed by atoms with Crippen LogP contribution in [0.1, 0.15) is 16.7 Å². The number of pyridine rings is 1. The van der Waals surface area contributed by atoms with Gasteiger partial charge in [-0.25, -0.2) is 4.98 Å². The maximum atomic E-state index is 5.47. The van der Waals surface area contributed by atoms with E-state index in [1.54, 1.807) is 14.2 Å². The van der Waals surface area contributed by atoms with E-state index >= 15 is 0 Å². The van der Waals surface area contributed by atoms with Crippen molar-refractivity contribution in [3.05, 3.63) is 53.2 Å². The van der Waals surface area contributed by atoms with Gasteiger partial charge in [-0.15, -0.1) is 0 Å². The molecule has 0 saturated carbocycles. The first-order valence-electron chi connectivity index (χ1n) is 10.6. The van der Waals surface area contributed by atoms with Gasteiger partial charge in [0.2, 0.25) is 0 Å². The number of hydrogen-bond acceptors (Lipinski definition) is 5. The first-order valence-corrected chi connectivity index (χ1v) is 10.6. The van der Waals surface area contributed by atoms with E-state index in [2.05, 4.69) is 68.6 Å². The van der Waals surface area contributed by atoms with Gasteiger partial charge in [0, 0.05) is 52.5 Å². The van der Waals surface area contributed by atoms with Crippen molar-refractivity contribution >= 4 is 11.8 Å². The molecule has 1 aromatic heterocycles. The second-order valence-corrected chi connectivity index (χ2v) is 7.73. The molecule has 0 unspecified atom stereocenters. The van der Waals surface area contributed by atoms with E-state index < -0.39 is 0 Å². The molecule has 1 fully saturated rings. The Morgan fingerprint density at radius 3 is 2.67 bits per heavy atom. The monoisotopic (exact) mass is 410 g/mol. The fourth-order valence-electron chi connectivity index (χ4n) is 3.60. The van der Waals surface area contributed by atoms with Crippen LogP contribution in [0.2, 0.25) is 0 Å². The molecule has 2 heterocycles. The summed E-state index contributed by atoms with van der Waals surface area (Å²) >= 11 is 0. The summed E-state index contributed by atoms with van der Waals surface area (Å²) in [5.74, 6) is 2.77. The predicted octanol–water partition coefficient (Wildman–Crippen LogP) is 2.06. The number of ether oxygens (including phenoxy) is 1. The van der Waals surface area contributed by atoms with Gasteiger partial charge in [0.1, 0.15) is 11.6 Å². The lowest BCUT2D eigenvalue weighted by Gasteiger charge is -2.33. The first-order chi connectivity index (χ1) is 14.6. The summed E-state index contributed by atoms with van der Waals surface area (Å²) in [7, 11) is 5.68. The van der Waals surface area contributed by atoms with Gasteiger partial charge in [0.05, 0.1) is 7.11 Å². The minimum atomic E-state index is 0.705. The molecule has 1 aliphatic rings. The van der Waals surface area contributed by atoms with Gasteiger partial charge < -0.3 is 25.2 Å². The zero-order valence-electron chi connectivity index (χ0n) is 18.6. The Kier molecular flexibility index (Phi) is 7.90. The first kappa shape index (κ1) is 21.9. The third-order valence-electron chi connectivity index (χ3n) is 5.44. The molecule has 1 saturated heterocycles. The van der Waals surface area contributed by atoms with Gasteiger partial charge in [-0.1, -0.05) is 17.7 Å². The van der Waals surface area contributed by atoms with Gasteiger partial charge in [-0.3, -0.25) is 4.99 Å². The number of guanidine groups is 1. The minimum absolute atomic E-state index is 0.705. The van der Waals surface area contributed by atoms with Crippen LogP contribution in [0.3, 0.4) is 0 Å². The van der Waals surface area contributed by atoms with Gasteiger partial charge in [0.15, 0.2) is 5.96 Å². The molecule has 3 rings (SSSR count). The van der Waals surface area contributed by atoms with Crippen molar-refractivity contribution in [3.63, 3.8) is 0 Å². The van der Waals surface area contributed by atoms with Crippen molar-refractivity contribution in [1.82, 2.24) is 20.5 Å². The highest BCUT2D eigenvalue weighted by atomic mass is 16.5. The number of aryl methyl sites for hydroxylation is 1. The van der Waals surface area contributed by atoms with E-state index in [1.165, 1.54) is 16.7 Å². The number of methoxy groups -OCH3 is 1. The molecule has 2 aromatic rings. The van der Waals surface area contributed by atoms with Crippen LogP contribution in [0, 0.1) is 6.92 Å². The summed E-state index contributed by atoms with van der Waals surface area (Å²) in [6.45, 7) is 7.78. The van der Waals surface area contributed by atoms with E-state index in [0.717, 1.165) is 56.7 Å². The van der Waals surface area contributed by atoms with Gasteiger partial charge in [-0.05, 0) is 49.7 Å². The lowest BCUT2D eigenvalue weighted by molar-refractivity contribution is 0.312.